The Kier molecular flexibility index (Phi) is 3.55. The quantitative estimate of drug-likeness (QED) is 0.850. The minimum absolute atomic E-state index is 0.273. The average molecular weight is 252 g/mol. The highest BCUT2D eigenvalue weighted by atomic mass is 16.4. The SMILES string of the molecule is Cc1ccc(CNC(=O)N2CCC[C@@H]2C(=O)O)o1. The number of carboxylic acid groups (broad SMARTS) is 1. The van der Waals surface area contributed by atoms with E-state index in [0.717, 1.165) is 12.2 Å². The van der Waals surface area contributed by atoms with Gasteiger partial charge in [0.1, 0.15) is 17.6 Å². The van der Waals surface area contributed by atoms with Gasteiger partial charge in [0.25, 0.3) is 0 Å². The molecular formula is C12H16N2O4. The minimum atomic E-state index is -0.948. The van der Waals surface area contributed by atoms with Crippen LogP contribution in [0.3, 0.4) is 0 Å². The standard InChI is InChI=1S/C12H16N2O4/c1-8-4-5-9(18-8)7-13-12(17)14-6-2-3-10(14)11(15)16/h4-5,10H,2-3,6-7H2,1H3,(H,13,17)(H,15,16)/t10-/m1/s1. The number of amides is 2. The first-order chi connectivity index (χ1) is 8.58. The van der Waals surface area contributed by atoms with Gasteiger partial charge < -0.3 is 19.7 Å². The molecule has 1 aromatic heterocycles. The number of nitrogens with one attached hydrogen (secondary N) is 1. The summed E-state index contributed by atoms with van der Waals surface area (Å²) in [5.74, 6) is 0.493. The third-order valence-electron chi connectivity index (χ3n) is 3.01. The highest BCUT2D eigenvalue weighted by Crippen LogP contribution is 2.17. The number of aliphatic carboxylic acids is 1. The van der Waals surface area contributed by atoms with Crippen LogP contribution in [0, 0.1) is 6.92 Å². The maximum atomic E-state index is 11.9. The third-order valence-corrected chi connectivity index (χ3v) is 3.01. The Morgan fingerprint density at radius 2 is 2.33 bits per heavy atom. The van der Waals surface area contributed by atoms with Crippen LogP contribution < -0.4 is 5.32 Å². The van der Waals surface area contributed by atoms with Crippen LogP contribution >= 0.6 is 0 Å². The molecule has 0 aromatic carbocycles. The van der Waals surface area contributed by atoms with Gasteiger partial charge in [0, 0.05) is 6.54 Å². The van der Waals surface area contributed by atoms with Crippen LogP contribution in [-0.2, 0) is 11.3 Å². The van der Waals surface area contributed by atoms with Gasteiger partial charge in [-0.15, -0.1) is 0 Å². The molecule has 18 heavy (non-hydrogen) atoms. The van der Waals surface area contributed by atoms with Crippen molar-refractivity contribution in [3.05, 3.63) is 23.7 Å². The lowest BCUT2D eigenvalue weighted by Crippen LogP contribution is -2.45. The molecule has 0 aliphatic carbocycles. The number of carbonyl (C=O) groups excluding carboxylic acids is 1. The van der Waals surface area contributed by atoms with E-state index in [9.17, 15) is 9.59 Å². The van der Waals surface area contributed by atoms with Crippen molar-refractivity contribution in [3.63, 3.8) is 0 Å². The number of carboxylic acids is 1. The first-order valence-electron chi connectivity index (χ1n) is 5.90. The second kappa shape index (κ2) is 5.12. The Morgan fingerprint density at radius 3 is 2.94 bits per heavy atom. The molecule has 1 fully saturated rings. The van der Waals surface area contributed by atoms with E-state index in [0.29, 0.717) is 18.7 Å². The van der Waals surface area contributed by atoms with Gasteiger partial charge in [0.05, 0.1) is 6.54 Å². The molecular weight excluding hydrogens is 236 g/mol. The number of urea groups is 1. The Labute approximate surface area is 105 Å². The van der Waals surface area contributed by atoms with E-state index in [2.05, 4.69) is 5.32 Å². The zero-order valence-corrected chi connectivity index (χ0v) is 10.2. The lowest BCUT2D eigenvalue weighted by molar-refractivity contribution is -0.141. The molecule has 1 atom stereocenters. The molecule has 6 nitrogen and oxygen atoms in total. The fourth-order valence-corrected chi connectivity index (χ4v) is 2.11. The first kappa shape index (κ1) is 12.5. The van der Waals surface area contributed by atoms with Crippen molar-refractivity contribution < 1.29 is 19.1 Å². The molecule has 1 aromatic rings. The predicted octanol–water partition coefficient (Wildman–Crippen LogP) is 1.35. The largest absolute Gasteiger partial charge is 0.480 e. The molecule has 2 amide bonds. The van der Waals surface area contributed by atoms with Crippen molar-refractivity contribution in [3.8, 4) is 0 Å². The van der Waals surface area contributed by atoms with E-state index in [1.165, 1.54) is 4.90 Å². The predicted molar refractivity (Wildman–Crippen MR) is 63.0 cm³/mol. The number of furan rings is 1. The number of carbonyl (C=O) groups is 2. The van der Waals surface area contributed by atoms with Gasteiger partial charge in [-0.2, -0.15) is 0 Å². The zero-order chi connectivity index (χ0) is 13.1. The summed E-state index contributed by atoms with van der Waals surface area (Å²) in [4.78, 5) is 24.2. The van der Waals surface area contributed by atoms with E-state index in [4.69, 9.17) is 9.52 Å². The van der Waals surface area contributed by atoms with Gasteiger partial charge in [-0.25, -0.2) is 9.59 Å². The van der Waals surface area contributed by atoms with Gasteiger partial charge in [0.15, 0.2) is 0 Å². The van der Waals surface area contributed by atoms with Crippen LogP contribution in [0.5, 0.6) is 0 Å². The number of aryl methyl sites for hydroxylation is 1. The normalized spacial score (nSPS) is 18.9. The maximum Gasteiger partial charge on any atom is 0.326 e. The van der Waals surface area contributed by atoms with Crippen molar-refractivity contribution >= 4 is 12.0 Å². The molecule has 2 heterocycles. The van der Waals surface area contributed by atoms with Crippen molar-refractivity contribution in [2.45, 2.75) is 32.4 Å². The Hall–Kier alpha value is -1.98. The summed E-state index contributed by atoms with van der Waals surface area (Å²) in [7, 11) is 0. The second-order valence-corrected chi connectivity index (χ2v) is 4.36. The van der Waals surface area contributed by atoms with Crippen LogP contribution in [-0.4, -0.2) is 34.6 Å². The molecule has 2 N–H and O–H groups in total. The molecule has 0 bridgehead atoms. The summed E-state index contributed by atoms with van der Waals surface area (Å²) < 4.78 is 5.32. The van der Waals surface area contributed by atoms with E-state index >= 15 is 0 Å². The highest BCUT2D eigenvalue weighted by Gasteiger charge is 2.33. The van der Waals surface area contributed by atoms with Crippen molar-refractivity contribution in [2.75, 3.05) is 6.54 Å². The van der Waals surface area contributed by atoms with E-state index in [1.54, 1.807) is 6.07 Å². The van der Waals surface area contributed by atoms with Gasteiger partial charge in [-0.05, 0) is 31.9 Å². The van der Waals surface area contributed by atoms with E-state index in [1.807, 2.05) is 13.0 Å². The molecule has 0 saturated carbocycles. The monoisotopic (exact) mass is 252 g/mol. The summed E-state index contributed by atoms with van der Waals surface area (Å²) in [5, 5.41) is 11.6. The second-order valence-electron chi connectivity index (χ2n) is 4.36. The van der Waals surface area contributed by atoms with Gasteiger partial charge in [0.2, 0.25) is 0 Å². The summed E-state index contributed by atoms with van der Waals surface area (Å²) in [5.41, 5.74) is 0. The molecule has 1 aliphatic heterocycles. The molecule has 0 radical (unpaired) electrons. The molecule has 1 saturated heterocycles. The summed E-state index contributed by atoms with van der Waals surface area (Å²) in [6, 6.07) is 2.54. The minimum Gasteiger partial charge on any atom is -0.480 e. The molecule has 0 spiro atoms. The fraction of sp³-hybridized carbons (Fsp3) is 0.500. The first-order valence-corrected chi connectivity index (χ1v) is 5.90. The summed E-state index contributed by atoms with van der Waals surface area (Å²) in [6.07, 6.45) is 1.24. The summed E-state index contributed by atoms with van der Waals surface area (Å²) in [6.45, 7) is 2.59. The van der Waals surface area contributed by atoms with Crippen LogP contribution in [0.4, 0.5) is 4.79 Å². The van der Waals surface area contributed by atoms with Crippen LogP contribution in [0.15, 0.2) is 16.5 Å². The lowest BCUT2D eigenvalue weighted by Gasteiger charge is -2.21. The Morgan fingerprint density at radius 1 is 1.56 bits per heavy atom. The van der Waals surface area contributed by atoms with Crippen LogP contribution in [0.2, 0.25) is 0 Å². The van der Waals surface area contributed by atoms with Crippen LogP contribution in [0.25, 0.3) is 0 Å². The number of hydrogen-bond donors (Lipinski definition) is 2. The molecule has 1 aliphatic rings. The van der Waals surface area contributed by atoms with Crippen molar-refractivity contribution in [1.29, 1.82) is 0 Å². The number of rotatable bonds is 3. The van der Waals surface area contributed by atoms with Crippen LogP contribution in [0.1, 0.15) is 24.4 Å². The number of likely N-dealkylation sites (tertiary alicyclic amines) is 1. The van der Waals surface area contributed by atoms with Gasteiger partial charge in [-0.3, -0.25) is 0 Å². The highest BCUT2D eigenvalue weighted by molar-refractivity contribution is 5.83. The van der Waals surface area contributed by atoms with Crippen molar-refractivity contribution in [2.24, 2.45) is 0 Å². The van der Waals surface area contributed by atoms with Crippen molar-refractivity contribution in [1.82, 2.24) is 10.2 Å². The Balaban J connectivity index is 1.89. The average Bonchev–Trinajstić information content (AvgIpc) is 2.94. The van der Waals surface area contributed by atoms with Gasteiger partial charge >= 0.3 is 12.0 Å². The zero-order valence-electron chi connectivity index (χ0n) is 10.2. The molecule has 6 heteroatoms. The molecule has 2 rings (SSSR count). The molecule has 98 valence electrons. The Bertz CT molecular complexity index is 455. The fourth-order valence-electron chi connectivity index (χ4n) is 2.11. The smallest absolute Gasteiger partial charge is 0.326 e. The van der Waals surface area contributed by atoms with E-state index in [-0.39, 0.29) is 12.6 Å². The summed E-state index contributed by atoms with van der Waals surface area (Å²) >= 11 is 0. The maximum absolute atomic E-state index is 11.9. The van der Waals surface area contributed by atoms with Gasteiger partial charge in [-0.1, -0.05) is 0 Å². The lowest BCUT2D eigenvalue weighted by atomic mass is 10.2. The number of hydrogen-bond acceptors (Lipinski definition) is 3. The number of nitrogens with zero attached hydrogens (tertiary/aromatic N) is 1. The third kappa shape index (κ3) is 2.64. The topological polar surface area (TPSA) is 82.8 Å². The van der Waals surface area contributed by atoms with E-state index < -0.39 is 12.0 Å². The molecule has 0 unspecified atom stereocenters.